The van der Waals surface area contributed by atoms with Crippen molar-refractivity contribution in [3.8, 4) is 10.4 Å². The number of rotatable bonds is 5. The van der Waals surface area contributed by atoms with Crippen molar-refractivity contribution in [3.05, 3.63) is 45.1 Å². The molecule has 1 amide bonds. The topological polar surface area (TPSA) is 90.0 Å². The molecule has 0 radical (unpaired) electrons. The molecule has 4 rings (SSSR count). The maximum Gasteiger partial charge on any atom is 0.263 e. The van der Waals surface area contributed by atoms with Gasteiger partial charge in [-0.15, -0.1) is 22.7 Å². The van der Waals surface area contributed by atoms with Gasteiger partial charge in [-0.05, 0) is 18.4 Å². The van der Waals surface area contributed by atoms with Crippen LogP contribution in [0.15, 0.2) is 43.4 Å². The van der Waals surface area contributed by atoms with Gasteiger partial charge < -0.3 is 9.84 Å². The number of amides is 1. The van der Waals surface area contributed by atoms with Crippen LogP contribution in [0.4, 0.5) is 5.82 Å². The van der Waals surface area contributed by atoms with Gasteiger partial charge in [0, 0.05) is 28.9 Å². The molecule has 4 heterocycles. The van der Waals surface area contributed by atoms with Crippen LogP contribution in [-0.4, -0.2) is 26.4 Å². The van der Waals surface area contributed by atoms with E-state index in [1.165, 1.54) is 27.7 Å². The van der Waals surface area contributed by atoms with Crippen LogP contribution >= 0.6 is 34.4 Å². The van der Waals surface area contributed by atoms with Gasteiger partial charge >= 0.3 is 0 Å². The predicted molar refractivity (Wildman–Crippen MR) is 109 cm³/mol. The molecule has 27 heavy (non-hydrogen) atoms. The summed E-state index contributed by atoms with van der Waals surface area (Å²) >= 11 is 4.23. The summed E-state index contributed by atoms with van der Waals surface area (Å²) in [5.41, 5.74) is 0.800. The number of fused-ring (bicyclic) bond motifs is 1. The third-order valence-electron chi connectivity index (χ3n) is 3.79. The fraction of sp³-hybridized carbons (Fsp3) is 0.176. The monoisotopic (exact) mass is 418 g/mol. The predicted octanol–water partition coefficient (Wildman–Crippen LogP) is 3.75. The Balaban J connectivity index is 1.57. The molecule has 0 aromatic carbocycles. The van der Waals surface area contributed by atoms with E-state index in [4.69, 9.17) is 4.52 Å². The zero-order valence-electron chi connectivity index (χ0n) is 14.4. The number of carbonyl (C=O) groups excluding carboxylic acids is 1. The molecular weight excluding hydrogens is 404 g/mol. The largest absolute Gasteiger partial charge is 0.360 e. The molecule has 0 spiro atoms. The zero-order valence-corrected chi connectivity index (χ0v) is 16.8. The zero-order chi connectivity index (χ0) is 19.0. The molecule has 0 saturated heterocycles. The number of anilines is 1. The Labute approximate surface area is 166 Å². The molecule has 0 atom stereocenters. The maximum atomic E-state index is 12.9. The highest BCUT2D eigenvalue weighted by Gasteiger charge is 2.17. The lowest BCUT2D eigenvalue weighted by Gasteiger charge is -2.07. The number of carbonyl (C=O) groups is 1. The van der Waals surface area contributed by atoms with Gasteiger partial charge in [0.05, 0.1) is 11.1 Å². The van der Waals surface area contributed by atoms with Crippen molar-refractivity contribution in [2.45, 2.75) is 12.1 Å². The molecule has 0 fully saturated rings. The van der Waals surface area contributed by atoms with Crippen LogP contribution in [0, 0.1) is 6.92 Å². The van der Waals surface area contributed by atoms with Crippen LogP contribution in [0.1, 0.15) is 5.76 Å². The lowest BCUT2D eigenvalue weighted by Crippen LogP contribution is -2.21. The van der Waals surface area contributed by atoms with E-state index < -0.39 is 0 Å². The standard InChI is InChI=1S/C17H14N4O3S3/c1-9-6-12(20-24-9)18-13(22)8-27-17-19-15-14(16(23)21(17)2)10(7-26-15)11-4-3-5-25-11/h3-7H,8H2,1-2H3,(H,18,20,22). The van der Waals surface area contributed by atoms with Crippen LogP contribution < -0.4 is 10.9 Å². The molecule has 7 nitrogen and oxygen atoms in total. The van der Waals surface area contributed by atoms with Crippen molar-refractivity contribution in [1.29, 1.82) is 0 Å². The first-order chi connectivity index (χ1) is 13.0. The number of hydrogen-bond donors (Lipinski definition) is 1. The van der Waals surface area contributed by atoms with Gasteiger partial charge in [-0.3, -0.25) is 14.2 Å². The third kappa shape index (κ3) is 3.55. The molecule has 138 valence electrons. The summed E-state index contributed by atoms with van der Waals surface area (Å²) in [5.74, 6) is 0.856. The van der Waals surface area contributed by atoms with E-state index in [1.807, 2.05) is 22.9 Å². The van der Waals surface area contributed by atoms with Crippen LogP contribution in [0.5, 0.6) is 0 Å². The van der Waals surface area contributed by atoms with Gasteiger partial charge in [0.25, 0.3) is 5.56 Å². The van der Waals surface area contributed by atoms with Gasteiger partial charge in [0.2, 0.25) is 5.91 Å². The smallest absolute Gasteiger partial charge is 0.263 e. The van der Waals surface area contributed by atoms with Gasteiger partial charge in [-0.2, -0.15) is 0 Å². The maximum absolute atomic E-state index is 12.9. The van der Waals surface area contributed by atoms with Crippen LogP contribution in [0.2, 0.25) is 0 Å². The van der Waals surface area contributed by atoms with Crippen LogP contribution in [0.3, 0.4) is 0 Å². The molecule has 0 aliphatic carbocycles. The molecular formula is C17H14N4O3S3. The van der Waals surface area contributed by atoms with Gasteiger partial charge in [0.1, 0.15) is 10.6 Å². The Bertz CT molecular complexity index is 1170. The second-order valence-corrected chi connectivity index (χ2v) is 8.47. The van der Waals surface area contributed by atoms with E-state index in [9.17, 15) is 9.59 Å². The number of nitrogens with one attached hydrogen (secondary N) is 1. The van der Waals surface area contributed by atoms with Crippen molar-refractivity contribution in [2.75, 3.05) is 11.1 Å². The minimum absolute atomic E-state index is 0.111. The second-order valence-electron chi connectivity index (χ2n) is 5.73. The SMILES string of the molecule is Cc1cc(NC(=O)CSc2nc3scc(-c4cccs4)c3c(=O)n2C)no1. The average Bonchev–Trinajstić information content (AvgIpc) is 3.37. The second kappa shape index (κ2) is 7.29. The molecule has 0 aliphatic rings. The summed E-state index contributed by atoms with van der Waals surface area (Å²) in [6.07, 6.45) is 0. The molecule has 4 aromatic rings. The molecule has 0 bridgehead atoms. The molecule has 0 aliphatic heterocycles. The quantitative estimate of drug-likeness (QED) is 0.392. The number of thioether (sulfide) groups is 1. The summed E-state index contributed by atoms with van der Waals surface area (Å²) in [7, 11) is 1.67. The Hall–Kier alpha value is -2.43. The first-order valence-electron chi connectivity index (χ1n) is 7.91. The summed E-state index contributed by atoms with van der Waals surface area (Å²) in [6, 6.07) is 5.59. The number of hydrogen-bond acceptors (Lipinski definition) is 8. The lowest BCUT2D eigenvalue weighted by atomic mass is 10.2. The van der Waals surface area contributed by atoms with Gasteiger partial charge in [-0.1, -0.05) is 23.0 Å². The van der Waals surface area contributed by atoms with Gasteiger partial charge in [-0.25, -0.2) is 4.98 Å². The minimum Gasteiger partial charge on any atom is -0.360 e. The summed E-state index contributed by atoms with van der Waals surface area (Å²) in [6.45, 7) is 1.75. The number of thiophene rings is 2. The van der Waals surface area contributed by atoms with Crippen molar-refractivity contribution in [3.63, 3.8) is 0 Å². The van der Waals surface area contributed by atoms with Crippen molar-refractivity contribution >= 4 is 56.4 Å². The Morgan fingerprint density at radius 3 is 2.96 bits per heavy atom. The summed E-state index contributed by atoms with van der Waals surface area (Å²) in [5, 5.41) is 11.4. The highest BCUT2D eigenvalue weighted by molar-refractivity contribution is 7.99. The molecule has 10 heteroatoms. The molecule has 1 N–H and O–H groups in total. The Morgan fingerprint density at radius 1 is 1.41 bits per heavy atom. The Kier molecular flexibility index (Phi) is 4.85. The molecule has 0 unspecified atom stereocenters. The van der Waals surface area contributed by atoms with Crippen molar-refractivity contribution < 1.29 is 9.32 Å². The summed E-state index contributed by atoms with van der Waals surface area (Å²) < 4.78 is 6.41. The molecule has 4 aromatic heterocycles. The first-order valence-corrected chi connectivity index (χ1v) is 10.7. The first kappa shape index (κ1) is 18.0. The number of aryl methyl sites for hydroxylation is 1. The van der Waals surface area contributed by atoms with E-state index in [-0.39, 0.29) is 17.2 Å². The van der Waals surface area contributed by atoms with E-state index in [0.29, 0.717) is 27.0 Å². The minimum atomic E-state index is -0.242. The van der Waals surface area contributed by atoms with Crippen LogP contribution in [0.25, 0.3) is 20.7 Å². The van der Waals surface area contributed by atoms with Crippen molar-refractivity contribution in [1.82, 2.24) is 14.7 Å². The van der Waals surface area contributed by atoms with E-state index in [2.05, 4.69) is 15.5 Å². The average molecular weight is 419 g/mol. The number of aromatic nitrogens is 3. The van der Waals surface area contributed by atoms with E-state index >= 15 is 0 Å². The van der Waals surface area contributed by atoms with Crippen LogP contribution in [-0.2, 0) is 11.8 Å². The fourth-order valence-electron chi connectivity index (χ4n) is 2.53. The lowest BCUT2D eigenvalue weighted by molar-refractivity contribution is -0.113. The molecule has 0 saturated carbocycles. The van der Waals surface area contributed by atoms with E-state index in [0.717, 1.165) is 10.4 Å². The van der Waals surface area contributed by atoms with Crippen molar-refractivity contribution in [2.24, 2.45) is 7.05 Å². The normalized spacial score (nSPS) is 11.2. The summed E-state index contributed by atoms with van der Waals surface area (Å²) in [4.78, 5) is 31.3. The fourth-order valence-corrected chi connectivity index (χ4v) is 5.10. The van der Waals surface area contributed by atoms with E-state index in [1.54, 1.807) is 31.4 Å². The highest BCUT2D eigenvalue weighted by atomic mass is 32.2. The number of nitrogens with zero attached hydrogens (tertiary/aromatic N) is 3. The third-order valence-corrected chi connectivity index (χ3v) is 6.59. The Morgan fingerprint density at radius 2 is 2.26 bits per heavy atom. The van der Waals surface area contributed by atoms with Gasteiger partial charge in [0.15, 0.2) is 11.0 Å². The highest BCUT2D eigenvalue weighted by Crippen LogP contribution is 2.34.